The third kappa shape index (κ3) is 4.01. The van der Waals surface area contributed by atoms with Gasteiger partial charge in [0.1, 0.15) is 11.5 Å². The maximum Gasteiger partial charge on any atom is 0.121 e. The summed E-state index contributed by atoms with van der Waals surface area (Å²) in [7, 11) is 0. The molecule has 0 spiro atoms. The van der Waals surface area contributed by atoms with Gasteiger partial charge in [-0.25, -0.2) is 0 Å². The van der Waals surface area contributed by atoms with E-state index in [1.54, 1.807) is 0 Å². The summed E-state index contributed by atoms with van der Waals surface area (Å²) in [5, 5.41) is 3.51. The van der Waals surface area contributed by atoms with Gasteiger partial charge in [-0.05, 0) is 37.9 Å². The molecule has 16 heavy (non-hydrogen) atoms. The van der Waals surface area contributed by atoms with Crippen LogP contribution < -0.4 is 5.32 Å². The lowest BCUT2D eigenvalue weighted by molar-refractivity contribution is 0.339. The lowest BCUT2D eigenvalue weighted by Crippen LogP contribution is -2.22. The van der Waals surface area contributed by atoms with Crippen LogP contribution in [0.15, 0.2) is 16.5 Å². The standard InChI is InChI=1S/C14H25NO/c1-5-7-11(3)10-13(15-6-2)14-9-8-12(4)16-14/h8-9,11,13,15H,5-7,10H2,1-4H3. The number of hydrogen-bond donors (Lipinski definition) is 1. The number of hydrogen-bond acceptors (Lipinski definition) is 2. The van der Waals surface area contributed by atoms with Crippen molar-refractivity contribution in [2.24, 2.45) is 5.92 Å². The second kappa shape index (κ2) is 6.74. The van der Waals surface area contributed by atoms with Crippen LogP contribution in [-0.4, -0.2) is 6.54 Å². The molecule has 2 atom stereocenters. The minimum absolute atomic E-state index is 0.375. The molecule has 2 nitrogen and oxygen atoms in total. The topological polar surface area (TPSA) is 25.2 Å². The van der Waals surface area contributed by atoms with Crippen LogP contribution in [0, 0.1) is 12.8 Å². The molecule has 0 saturated heterocycles. The van der Waals surface area contributed by atoms with Gasteiger partial charge in [-0.3, -0.25) is 0 Å². The Bertz CT molecular complexity index is 293. The van der Waals surface area contributed by atoms with Crippen molar-refractivity contribution in [3.05, 3.63) is 23.7 Å². The summed E-state index contributed by atoms with van der Waals surface area (Å²) in [5.41, 5.74) is 0. The number of furan rings is 1. The van der Waals surface area contributed by atoms with E-state index in [9.17, 15) is 0 Å². The Morgan fingerprint density at radius 3 is 2.56 bits per heavy atom. The zero-order chi connectivity index (χ0) is 12.0. The van der Waals surface area contributed by atoms with Gasteiger partial charge in [0.15, 0.2) is 0 Å². The van der Waals surface area contributed by atoms with Gasteiger partial charge in [-0.15, -0.1) is 0 Å². The molecule has 0 aliphatic heterocycles. The lowest BCUT2D eigenvalue weighted by Gasteiger charge is -2.19. The highest BCUT2D eigenvalue weighted by molar-refractivity contribution is 5.09. The first-order valence-corrected chi connectivity index (χ1v) is 6.47. The van der Waals surface area contributed by atoms with Crippen LogP contribution in [0.4, 0.5) is 0 Å². The van der Waals surface area contributed by atoms with Crippen LogP contribution >= 0.6 is 0 Å². The summed E-state index contributed by atoms with van der Waals surface area (Å²) in [6.45, 7) is 9.71. The number of nitrogens with one attached hydrogen (secondary N) is 1. The fourth-order valence-electron chi connectivity index (χ4n) is 2.20. The Morgan fingerprint density at radius 2 is 2.06 bits per heavy atom. The van der Waals surface area contributed by atoms with E-state index in [1.165, 1.54) is 12.8 Å². The summed E-state index contributed by atoms with van der Waals surface area (Å²) in [5.74, 6) is 2.84. The van der Waals surface area contributed by atoms with Crippen molar-refractivity contribution >= 4 is 0 Å². The molecule has 0 bridgehead atoms. The monoisotopic (exact) mass is 223 g/mol. The van der Waals surface area contributed by atoms with Gasteiger partial charge in [0.05, 0.1) is 6.04 Å². The molecule has 0 amide bonds. The molecule has 2 heteroatoms. The maximum absolute atomic E-state index is 5.71. The van der Waals surface area contributed by atoms with E-state index < -0.39 is 0 Å². The van der Waals surface area contributed by atoms with Gasteiger partial charge < -0.3 is 9.73 Å². The van der Waals surface area contributed by atoms with Gasteiger partial charge >= 0.3 is 0 Å². The molecule has 0 radical (unpaired) electrons. The molecule has 0 aromatic carbocycles. The predicted octanol–water partition coefficient (Wildman–Crippen LogP) is 4.06. The van der Waals surface area contributed by atoms with Gasteiger partial charge in [0, 0.05) is 0 Å². The van der Waals surface area contributed by atoms with E-state index in [-0.39, 0.29) is 0 Å². The van der Waals surface area contributed by atoms with Crippen molar-refractivity contribution in [2.45, 2.75) is 53.0 Å². The summed E-state index contributed by atoms with van der Waals surface area (Å²) in [6, 6.07) is 4.52. The third-order valence-corrected chi connectivity index (χ3v) is 2.97. The largest absolute Gasteiger partial charge is 0.465 e. The first-order valence-electron chi connectivity index (χ1n) is 6.47. The second-order valence-electron chi connectivity index (χ2n) is 4.69. The highest BCUT2D eigenvalue weighted by atomic mass is 16.3. The van der Waals surface area contributed by atoms with Crippen LogP contribution in [-0.2, 0) is 0 Å². The molecule has 1 rings (SSSR count). The molecule has 0 saturated carbocycles. The Labute approximate surface area is 99.4 Å². The molecule has 0 fully saturated rings. The first-order chi connectivity index (χ1) is 7.67. The van der Waals surface area contributed by atoms with Crippen molar-refractivity contribution in [1.82, 2.24) is 5.32 Å². The van der Waals surface area contributed by atoms with Crippen LogP contribution in [0.2, 0.25) is 0 Å². The van der Waals surface area contributed by atoms with Crippen LogP contribution in [0.5, 0.6) is 0 Å². The summed E-state index contributed by atoms with van der Waals surface area (Å²) in [6.07, 6.45) is 3.72. The molecule has 0 aliphatic rings. The SMILES string of the molecule is CCCC(C)CC(NCC)c1ccc(C)o1. The Hall–Kier alpha value is -0.760. The average Bonchev–Trinajstić information content (AvgIpc) is 2.64. The zero-order valence-corrected chi connectivity index (χ0v) is 11.0. The summed E-state index contributed by atoms with van der Waals surface area (Å²) in [4.78, 5) is 0. The molecular formula is C14H25NO. The number of rotatable bonds is 7. The van der Waals surface area contributed by atoms with E-state index in [4.69, 9.17) is 4.42 Å². The van der Waals surface area contributed by atoms with Crippen LogP contribution in [0.25, 0.3) is 0 Å². The first kappa shape index (κ1) is 13.3. The average molecular weight is 223 g/mol. The molecule has 1 aromatic heterocycles. The van der Waals surface area contributed by atoms with Gasteiger partial charge in [-0.2, -0.15) is 0 Å². The minimum atomic E-state index is 0.375. The van der Waals surface area contributed by atoms with E-state index in [2.05, 4.69) is 32.2 Å². The van der Waals surface area contributed by atoms with Gasteiger partial charge in [0.2, 0.25) is 0 Å². The highest BCUT2D eigenvalue weighted by Gasteiger charge is 2.16. The van der Waals surface area contributed by atoms with Crippen molar-refractivity contribution in [3.8, 4) is 0 Å². The van der Waals surface area contributed by atoms with Crippen molar-refractivity contribution < 1.29 is 4.42 Å². The number of aryl methyl sites for hydroxylation is 1. The molecule has 92 valence electrons. The second-order valence-corrected chi connectivity index (χ2v) is 4.69. The minimum Gasteiger partial charge on any atom is -0.465 e. The predicted molar refractivity (Wildman–Crippen MR) is 68.6 cm³/mol. The van der Waals surface area contributed by atoms with E-state index in [0.717, 1.165) is 30.4 Å². The molecule has 1 aromatic rings. The molecule has 0 aliphatic carbocycles. The van der Waals surface area contributed by atoms with E-state index >= 15 is 0 Å². The smallest absolute Gasteiger partial charge is 0.121 e. The Morgan fingerprint density at radius 1 is 1.31 bits per heavy atom. The van der Waals surface area contributed by atoms with Gasteiger partial charge in [0.25, 0.3) is 0 Å². The molecular weight excluding hydrogens is 198 g/mol. The fraction of sp³-hybridized carbons (Fsp3) is 0.714. The quantitative estimate of drug-likeness (QED) is 0.754. The maximum atomic E-state index is 5.71. The van der Waals surface area contributed by atoms with Crippen LogP contribution in [0.3, 0.4) is 0 Å². The van der Waals surface area contributed by atoms with Gasteiger partial charge in [-0.1, -0.05) is 33.6 Å². The van der Waals surface area contributed by atoms with Crippen molar-refractivity contribution in [2.75, 3.05) is 6.54 Å². The lowest BCUT2D eigenvalue weighted by atomic mass is 9.96. The van der Waals surface area contributed by atoms with Crippen LogP contribution in [0.1, 0.15) is 57.6 Å². The highest BCUT2D eigenvalue weighted by Crippen LogP contribution is 2.25. The van der Waals surface area contributed by atoms with Crippen molar-refractivity contribution in [1.29, 1.82) is 0 Å². The van der Waals surface area contributed by atoms with E-state index in [1.807, 2.05) is 13.0 Å². The Balaban J connectivity index is 2.60. The zero-order valence-electron chi connectivity index (χ0n) is 11.0. The normalized spacial score (nSPS) is 15.0. The summed E-state index contributed by atoms with van der Waals surface area (Å²) < 4.78 is 5.71. The third-order valence-electron chi connectivity index (χ3n) is 2.97. The fourth-order valence-corrected chi connectivity index (χ4v) is 2.20. The van der Waals surface area contributed by atoms with Crippen molar-refractivity contribution in [3.63, 3.8) is 0 Å². The summed E-state index contributed by atoms with van der Waals surface area (Å²) >= 11 is 0. The molecule has 1 heterocycles. The molecule has 2 unspecified atom stereocenters. The molecule has 1 N–H and O–H groups in total. The van der Waals surface area contributed by atoms with E-state index in [0.29, 0.717) is 6.04 Å². The Kier molecular flexibility index (Phi) is 5.61.